The third-order valence-electron chi connectivity index (χ3n) is 4.05. The Morgan fingerprint density at radius 3 is 2.48 bits per heavy atom. The van der Waals surface area contributed by atoms with Crippen molar-refractivity contribution in [1.82, 2.24) is 4.98 Å². The van der Waals surface area contributed by atoms with Crippen molar-refractivity contribution in [2.75, 3.05) is 23.3 Å². The van der Waals surface area contributed by atoms with E-state index in [0.29, 0.717) is 0 Å². The van der Waals surface area contributed by atoms with Crippen molar-refractivity contribution < 1.29 is 0 Å². The predicted octanol–water partition coefficient (Wildman–Crippen LogP) is 4.61. The van der Waals surface area contributed by atoms with Crippen molar-refractivity contribution in [1.29, 1.82) is 0 Å². The van der Waals surface area contributed by atoms with Crippen LogP contribution in [0.5, 0.6) is 0 Å². The number of nitrogens with one attached hydrogen (secondary N) is 1. The van der Waals surface area contributed by atoms with Gasteiger partial charge < -0.3 is 10.2 Å². The van der Waals surface area contributed by atoms with Crippen LogP contribution < -0.4 is 10.2 Å². The quantitative estimate of drug-likeness (QED) is 0.893. The Kier molecular flexibility index (Phi) is 4.44. The summed E-state index contributed by atoms with van der Waals surface area (Å²) >= 11 is 1.71. The highest BCUT2D eigenvalue weighted by Gasteiger charge is 2.12. The number of hydrogen-bond donors (Lipinski definition) is 1. The molecule has 1 atom stereocenters. The molecule has 1 unspecified atom stereocenters. The normalized spacial score (nSPS) is 16.8. The molecule has 0 bridgehead atoms. The van der Waals surface area contributed by atoms with Gasteiger partial charge in [0.2, 0.25) is 0 Å². The van der Waals surface area contributed by atoms with Crippen LogP contribution in [0.15, 0.2) is 29.6 Å². The Balaban J connectivity index is 1.63. The molecule has 0 spiro atoms. The Morgan fingerprint density at radius 2 is 1.86 bits per heavy atom. The van der Waals surface area contributed by atoms with E-state index in [4.69, 9.17) is 0 Å². The molecular weight excluding hydrogens is 278 g/mol. The zero-order valence-corrected chi connectivity index (χ0v) is 13.6. The van der Waals surface area contributed by atoms with Gasteiger partial charge in [0.05, 0.1) is 16.7 Å². The van der Waals surface area contributed by atoms with Gasteiger partial charge in [-0.2, -0.15) is 0 Å². The topological polar surface area (TPSA) is 28.2 Å². The van der Waals surface area contributed by atoms with E-state index in [9.17, 15) is 0 Å². The Hall–Kier alpha value is -1.55. The molecule has 2 aromatic rings. The molecular formula is C17H23N3S. The first-order valence-corrected chi connectivity index (χ1v) is 8.64. The second kappa shape index (κ2) is 6.48. The molecule has 1 aliphatic rings. The molecule has 4 heteroatoms. The fourth-order valence-electron chi connectivity index (χ4n) is 2.82. The van der Waals surface area contributed by atoms with Crippen LogP contribution in [0.1, 0.15) is 42.9 Å². The maximum absolute atomic E-state index is 4.55. The van der Waals surface area contributed by atoms with Gasteiger partial charge in [0.25, 0.3) is 0 Å². The van der Waals surface area contributed by atoms with Gasteiger partial charge in [0.1, 0.15) is 0 Å². The minimum atomic E-state index is 0.246. The highest BCUT2D eigenvalue weighted by atomic mass is 32.1. The maximum atomic E-state index is 4.55. The van der Waals surface area contributed by atoms with Gasteiger partial charge in [-0.1, -0.05) is 0 Å². The number of aryl methyl sites for hydroxylation is 1. The van der Waals surface area contributed by atoms with Gasteiger partial charge >= 0.3 is 0 Å². The van der Waals surface area contributed by atoms with Crippen molar-refractivity contribution in [3.05, 3.63) is 40.3 Å². The molecule has 3 nitrogen and oxygen atoms in total. The zero-order valence-electron chi connectivity index (χ0n) is 12.8. The number of aromatic nitrogens is 1. The molecule has 1 N–H and O–H groups in total. The lowest BCUT2D eigenvalue weighted by atomic mass is 10.1. The van der Waals surface area contributed by atoms with Crippen molar-refractivity contribution in [3.63, 3.8) is 0 Å². The first kappa shape index (κ1) is 14.4. The number of hydrogen-bond acceptors (Lipinski definition) is 4. The van der Waals surface area contributed by atoms with E-state index >= 15 is 0 Å². The van der Waals surface area contributed by atoms with E-state index in [2.05, 4.69) is 51.8 Å². The summed E-state index contributed by atoms with van der Waals surface area (Å²) < 4.78 is 0. The summed E-state index contributed by atoms with van der Waals surface area (Å²) in [6.45, 7) is 6.60. The molecule has 0 amide bonds. The molecule has 3 rings (SSSR count). The summed E-state index contributed by atoms with van der Waals surface area (Å²) in [7, 11) is 0. The largest absolute Gasteiger partial charge is 0.377 e. The lowest BCUT2D eigenvalue weighted by Crippen LogP contribution is -2.29. The summed E-state index contributed by atoms with van der Waals surface area (Å²) in [6, 6.07) is 9.06. The first-order valence-electron chi connectivity index (χ1n) is 7.76. The summed E-state index contributed by atoms with van der Waals surface area (Å²) in [5.74, 6) is 0. The van der Waals surface area contributed by atoms with Crippen LogP contribution in [0.4, 0.5) is 11.4 Å². The number of rotatable bonds is 4. The second-order valence-corrected chi connectivity index (χ2v) is 6.81. The van der Waals surface area contributed by atoms with Crippen LogP contribution in [0.3, 0.4) is 0 Å². The lowest BCUT2D eigenvalue weighted by Gasteiger charge is -2.29. The number of nitrogens with zero attached hydrogens (tertiary/aromatic N) is 2. The van der Waals surface area contributed by atoms with Gasteiger partial charge in [-0.25, -0.2) is 4.98 Å². The fourth-order valence-corrected chi connectivity index (χ4v) is 3.53. The summed E-state index contributed by atoms with van der Waals surface area (Å²) in [6.07, 6.45) is 4.02. The standard InChI is InChI=1S/C17H23N3S/c1-13(17-12-21-14(2)19-17)18-15-6-8-16(9-7-15)20-10-4-3-5-11-20/h6-9,12-13,18H,3-5,10-11H2,1-2H3. The van der Waals surface area contributed by atoms with Gasteiger partial charge in [-0.3, -0.25) is 0 Å². The van der Waals surface area contributed by atoms with Crippen LogP contribution in [-0.2, 0) is 0 Å². The van der Waals surface area contributed by atoms with E-state index < -0.39 is 0 Å². The molecule has 1 saturated heterocycles. The van der Waals surface area contributed by atoms with Crippen LogP contribution in [0.2, 0.25) is 0 Å². The number of thiazole rings is 1. The van der Waals surface area contributed by atoms with E-state index in [0.717, 1.165) is 16.4 Å². The summed E-state index contributed by atoms with van der Waals surface area (Å²) in [5, 5.41) is 6.79. The van der Waals surface area contributed by atoms with Gasteiger partial charge in [0.15, 0.2) is 0 Å². The Morgan fingerprint density at radius 1 is 1.14 bits per heavy atom. The Bertz CT molecular complexity index is 570. The Labute approximate surface area is 131 Å². The lowest BCUT2D eigenvalue weighted by molar-refractivity contribution is 0.578. The second-order valence-electron chi connectivity index (χ2n) is 5.75. The predicted molar refractivity (Wildman–Crippen MR) is 91.4 cm³/mol. The van der Waals surface area contributed by atoms with E-state index in [-0.39, 0.29) is 6.04 Å². The molecule has 2 heterocycles. The SMILES string of the molecule is Cc1nc(C(C)Nc2ccc(N3CCCCC3)cc2)cs1. The molecule has 1 aromatic carbocycles. The minimum Gasteiger partial charge on any atom is -0.377 e. The van der Waals surface area contributed by atoms with Gasteiger partial charge in [-0.15, -0.1) is 11.3 Å². The van der Waals surface area contributed by atoms with Gasteiger partial charge in [-0.05, 0) is 57.4 Å². The zero-order chi connectivity index (χ0) is 14.7. The van der Waals surface area contributed by atoms with E-state index in [1.165, 1.54) is 38.0 Å². The fraction of sp³-hybridized carbons (Fsp3) is 0.471. The number of anilines is 2. The van der Waals surface area contributed by atoms with Crippen molar-refractivity contribution in [3.8, 4) is 0 Å². The molecule has 0 radical (unpaired) electrons. The highest BCUT2D eigenvalue weighted by Crippen LogP contribution is 2.24. The third kappa shape index (κ3) is 3.56. The van der Waals surface area contributed by atoms with Crippen molar-refractivity contribution >= 4 is 22.7 Å². The summed E-state index contributed by atoms with van der Waals surface area (Å²) in [5.41, 5.74) is 3.63. The number of piperidine rings is 1. The van der Waals surface area contributed by atoms with E-state index in [1.54, 1.807) is 11.3 Å². The van der Waals surface area contributed by atoms with E-state index in [1.807, 2.05) is 6.92 Å². The molecule has 112 valence electrons. The average molecular weight is 301 g/mol. The molecule has 0 saturated carbocycles. The monoisotopic (exact) mass is 301 g/mol. The smallest absolute Gasteiger partial charge is 0.0898 e. The molecule has 0 aliphatic carbocycles. The molecule has 1 fully saturated rings. The van der Waals surface area contributed by atoms with Crippen molar-refractivity contribution in [2.24, 2.45) is 0 Å². The van der Waals surface area contributed by atoms with Crippen LogP contribution >= 0.6 is 11.3 Å². The van der Waals surface area contributed by atoms with Crippen LogP contribution in [0.25, 0.3) is 0 Å². The van der Waals surface area contributed by atoms with Crippen LogP contribution in [-0.4, -0.2) is 18.1 Å². The van der Waals surface area contributed by atoms with Crippen LogP contribution in [0, 0.1) is 6.92 Å². The molecule has 1 aromatic heterocycles. The summed E-state index contributed by atoms with van der Waals surface area (Å²) in [4.78, 5) is 7.03. The minimum absolute atomic E-state index is 0.246. The third-order valence-corrected chi connectivity index (χ3v) is 4.84. The molecule has 21 heavy (non-hydrogen) atoms. The number of benzene rings is 1. The molecule has 1 aliphatic heterocycles. The highest BCUT2D eigenvalue weighted by molar-refractivity contribution is 7.09. The van der Waals surface area contributed by atoms with Crippen molar-refractivity contribution in [2.45, 2.75) is 39.2 Å². The average Bonchev–Trinajstić information content (AvgIpc) is 2.96. The maximum Gasteiger partial charge on any atom is 0.0898 e. The van der Waals surface area contributed by atoms with Gasteiger partial charge in [0, 0.05) is 29.8 Å². The first-order chi connectivity index (χ1) is 10.2.